The highest BCUT2D eigenvalue weighted by atomic mass is 19.1. The number of hydrogen-bond donors (Lipinski definition) is 0. The maximum absolute atomic E-state index is 13.5. The Morgan fingerprint density at radius 2 is 2.04 bits per heavy atom. The average Bonchev–Trinajstić information content (AvgIpc) is 2.70. The van der Waals surface area contributed by atoms with Crippen LogP contribution < -0.4 is 10.3 Å². The number of aromatic nitrogens is 2. The van der Waals surface area contributed by atoms with E-state index in [2.05, 4.69) is 11.6 Å². The van der Waals surface area contributed by atoms with Gasteiger partial charge in [0, 0.05) is 13.1 Å². The Morgan fingerprint density at radius 3 is 2.71 bits per heavy atom. The van der Waals surface area contributed by atoms with E-state index < -0.39 is 11.4 Å². The molecule has 1 amide bonds. The molecule has 3 aromatic rings. The third-order valence-corrected chi connectivity index (χ3v) is 4.33. The summed E-state index contributed by atoms with van der Waals surface area (Å²) in [6, 6.07) is 11.2. The lowest BCUT2D eigenvalue weighted by Gasteiger charge is -2.22. The molecule has 28 heavy (non-hydrogen) atoms. The van der Waals surface area contributed by atoms with Crippen LogP contribution in [0.3, 0.4) is 0 Å². The van der Waals surface area contributed by atoms with Crippen LogP contribution >= 0.6 is 0 Å². The smallest absolute Gasteiger partial charge is 0.261 e. The van der Waals surface area contributed by atoms with Gasteiger partial charge in [0.2, 0.25) is 5.91 Å². The second kappa shape index (κ2) is 8.47. The molecule has 0 aliphatic heterocycles. The first kappa shape index (κ1) is 19.3. The summed E-state index contributed by atoms with van der Waals surface area (Å²) in [6.07, 6.45) is 2.93. The van der Waals surface area contributed by atoms with Gasteiger partial charge in [-0.15, -0.1) is 6.58 Å². The Labute approximate surface area is 161 Å². The fourth-order valence-electron chi connectivity index (χ4n) is 2.85. The first-order valence-electron chi connectivity index (χ1n) is 8.68. The highest BCUT2D eigenvalue weighted by Gasteiger charge is 2.15. The number of halogens is 1. The van der Waals surface area contributed by atoms with Gasteiger partial charge in [0.05, 0.1) is 24.3 Å². The molecule has 0 aliphatic rings. The van der Waals surface area contributed by atoms with Crippen LogP contribution in [0.2, 0.25) is 0 Å². The number of hydrogen-bond acceptors (Lipinski definition) is 4. The minimum absolute atomic E-state index is 0.140. The van der Waals surface area contributed by atoms with E-state index in [1.165, 1.54) is 23.0 Å². The Balaban J connectivity index is 1.81. The number of fused-ring (bicyclic) bond motifs is 1. The van der Waals surface area contributed by atoms with Gasteiger partial charge in [0.15, 0.2) is 0 Å². The first-order valence-corrected chi connectivity index (χ1v) is 8.68. The van der Waals surface area contributed by atoms with Gasteiger partial charge in [-0.05, 0) is 35.9 Å². The third-order valence-electron chi connectivity index (χ3n) is 4.33. The Bertz CT molecular complexity index is 1060. The molecule has 3 rings (SSSR count). The quantitative estimate of drug-likeness (QED) is 0.591. The molecule has 2 aromatic carbocycles. The van der Waals surface area contributed by atoms with Crippen molar-refractivity contribution in [1.82, 2.24) is 14.5 Å². The van der Waals surface area contributed by atoms with E-state index in [0.717, 1.165) is 17.4 Å². The number of benzene rings is 2. The third kappa shape index (κ3) is 4.25. The molecule has 0 N–H and O–H groups in total. The number of ether oxygens (including phenoxy) is 1. The van der Waals surface area contributed by atoms with Gasteiger partial charge in [-0.3, -0.25) is 14.2 Å². The summed E-state index contributed by atoms with van der Waals surface area (Å²) < 4.78 is 19.8. The molecule has 0 saturated heterocycles. The van der Waals surface area contributed by atoms with Crippen LogP contribution in [0.1, 0.15) is 5.56 Å². The standard InChI is InChI=1S/C21H20FN3O3/c1-3-10-24(12-15-4-7-17(28-2)8-5-15)20(26)13-25-14-23-19-9-6-16(22)11-18(19)21(25)27/h3-9,11,14H,1,10,12-13H2,2H3. The maximum atomic E-state index is 13.5. The number of nitrogens with zero attached hydrogens (tertiary/aromatic N) is 3. The van der Waals surface area contributed by atoms with Gasteiger partial charge in [0.25, 0.3) is 5.56 Å². The van der Waals surface area contributed by atoms with Crippen molar-refractivity contribution in [3.8, 4) is 5.75 Å². The topological polar surface area (TPSA) is 64.4 Å². The average molecular weight is 381 g/mol. The van der Waals surface area contributed by atoms with Crippen molar-refractivity contribution in [2.75, 3.05) is 13.7 Å². The monoisotopic (exact) mass is 381 g/mol. The van der Waals surface area contributed by atoms with Crippen molar-refractivity contribution in [1.29, 1.82) is 0 Å². The predicted octanol–water partition coefficient (Wildman–Crippen LogP) is 2.76. The van der Waals surface area contributed by atoms with Crippen LogP contribution in [0.5, 0.6) is 5.75 Å². The van der Waals surface area contributed by atoms with E-state index >= 15 is 0 Å². The normalized spacial score (nSPS) is 10.6. The van der Waals surface area contributed by atoms with Crippen molar-refractivity contribution in [2.45, 2.75) is 13.1 Å². The van der Waals surface area contributed by atoms with E-state index in [-0.39, 0.29) is 17.8 Å². The van der Waals surface area contributed by atoms with Gasteiger partial charge >= 0.3 is 0 Å². The van der Waals surface area contributed by atoms with Crippen LogP contribution in [0.15, 0.2) is 66.2 Å². The van der Waals surface area contributed by atoms with Crippen molar-refractivity contribution < 1.29 is 13.9 Å². The number of methoxy groups -OCH3 is 1. The highest BCUT2D eigenvalue weighted by molar-refractivity contribution is 5.79. The van der Waals surface area contributed by atoms with Crippen LogP contribution in [0.4, 0.5) is 4.39 Å². The molecular weight excluding hydrogens is 361 g/mol. The molecule has 1 aromatic heterocycles. The first-order chi connectivity index (χ1) is 13.5. The van der Waals surface area contributed by atoms with E-state index in [9.17, 15) is 14.0 Å². The Hall–Kier alpha value is -3.48. The molecule has 0 aliphatic carbocycles. The molecule has 7 heteroatoms. The van der Waals surface area contributed by atoms with E-state index in [4.69, 9.17) is 4.74 Å². The highest BCUT2D eigenvalue weighted by Crippen LogP contribution is 2.14. The summed E-state index contributed by atoms with van der Waals surface area (Å²) >= 11 is 0. The molecular formula is C21H20FN3O3. The van der Waals surface area contributed by atoms with E-state index in [0.29, 0.717) is 18.6 Å². The molecule has 0 atom stereocenters. The number of amides is 1. The lowest BCUT2D eigenvalue weighted by Crippen LogP contribution is -2.36. The summed E-state index contributed by atoms with van der Waals surface area (Å²) in [7, 11) is 1.59. The molecule has 0 saturated carbocycles. The summed E-state index contributed by atoms with van der Waals surface area (Å²) in [5.74, 6) is -0.0648. The maximum Gasteiger partial charge on any atom is 0.261 e. The Morgan fingerprint density at radius 1 is 1.29 bits per heavy atom. The van der Waals surface area contributed by atoms with Crippen molar-refractivity contribution >= 4 is 16.8 Å². The summed E-state index contributed by atoms with van der Waals surface area (Å²) in [5.41, 5.74) is 0.846. The predicted molar refractivity (Wildman–Crippen MR) is 105 cm³/mol. The molecule has 144 valence electrons. The zero-order valence-corrected chi connectivity index (χ0v) is 15.5. The second-order valence-corrected chi connectivity index (χ2v) is 6.25. The minimum atomic E-state index is -0.525. The summed E-state index contributed by atoms with van der Waals surface area (Å²) in [6.45, 7) is 4.19. The molecule has 0 unspecified atom stereocenters. The molecule has 0 fully saturated rings. The number of rotatable bonds is 7. The van der Waals surface area contributed by atoms with Crippen LogP contribution in [0.25, 0.3) is 10.9 Å². The van der Waals surface area contributed by atoms with Gasteiger partial charge in [0.1, 0.15) is 18.1 Å². The molecule has 0 spiro atoms. The fraction of sp³-hybridized carbons (Fsp3) is 0.190. The zero-order chi connectivity index (χ0) is 20.1. The molecule has 0 radical (unpaired) electrons. The lowest BCUT2D eigenvalue weighted by molar-refractivity contribution is -0.132. The molecule has 0 bridgehead atoms. The van der Waals surface area contributed by atoms with Crippen LogP contribution in [-0.4, -0.2) is 34.0 Å². The number of carbonyl (C=O) groups excluding carboxylic acids is 1. The van der Waals surface area contributed by atoms with Crippen molar-refractivity contribution in [3.05, 3.63) is 83.2 Å². The van der Waals surface area contributed by atoms with Gasteiger partial charge in [-0.25, -0.2) is 9.37 Å². The zero-order valence-electron chi connectivity index (χ0n) is 15.5. The van der Waals surface area contributed by atoms with Crippen LogP contribution in [-0.2, 0) is 17.9 Å². The molecule has 1 heterocycles. The summed E-state index contributed by atoms with van der Waals surface area (Å²) in [4.78, 5) is 31.1. The second-order valence-electron chi connectivity index (χ2n) is 6.25. The van der Waals surface area contributed by atoms with Crippen molar-refractivity contribution in [2.24, 2.45) is 0 Å². The van der Waals surface area contributed by atoms with Crippen LogP contribution in [0, 0.1) is 5.82 Å². The van der Waals surface area contributed by atoms with Gasteiger partial charge in [-0.2, -0.15) is 0 Å². The summed E-state index contributed by atoms with van der Waals surface area (Å²) in [5, 5.41) is 0.140. The van der Waals surface area contributed by atoms with Gasteiger partial charge in [-0.1, -0.05) is 18.2 Å². The lowest BCUT2D eigenvalue weighted by atomic mass is 10.2. The SMILES string of the molecule is C=CCN(Cc1ccc(OC)cc1)C(=O)Cn1cnc2ccc(F)cc2c1=O. The fourth-order valence-corrected chi connectivity index (χ4v) is 2.85. The Kier molecular flexibility index (Phi) is 5.84. The van der Waals surface area contributed by atoms with E-state index in [1.54, 1.807) is 18.1 Å². The van der Waals surface area contributed by atoms with Crippen molar-refractivity contribution in [3.63, 3.8) is 0 Å². The van der Waals surface area contributed by atoms with Gasteiger partial charge < -0.3 is 9.64 Å². The minimum Gasteiger partial charge on any atom is -0.497 e. The largest absolute Gasteiger partial charge is 0.497 e. The van der Waals surface area contributed by atoms with E-state index in [1.807, 2.05) is 24.3 Å². The molecule has 6 nitrogen and oxygen atoms in total. The number of carbonyl (C=O) groups is 1.